The van der Waals surface area contributed by atoms with Crippen LogP contribution in [0.15, 0.2) is 126 Å². The number of para-hydroxylation sites is 2. The summed E-state index contributed by atoms with van der Waals surface area (Å²) < 4.78 is 27.0. The molecular weight excluding hydrogens is 755 g/mol. The van der Waals surface area contributed by atoms with Crippen molar-refractivity contribution in [3.8, 4) is 5.82 Å². The van der Waals surface area contributed by atoms with Gasteiger partial charge < -0.3 is 13.4 Å². The number of rotatable bonds is 3. The Morgan fingerprint density at radius 1 is 0.630 bits per heavy atom. The van der Waals surface area contributed by atoms with Crippen molar-refractivity contribution in [3.05, 3.63) is 145 Å². The number of pyridine rings is 2. The van der Waals surface area contributed by atoms with E-state index in [4.69, 9.17) is 4.42 Å². The number of hydrogen-bond donors (Lipinski definition) is 0. The van der Waals surface area contributed by atoms with Gasteiger partial charge in [-0.3, -0.25) is 4.98 Å². The van der Waals surface area contributed by atoms with Crippen molar-refractivity contribution < 1.29 is 29.9 Å². The Hall–Kier alpha value is -5.32. The molecule has 1 atom stereocenters. The van der Waals surface area contributed by atoms with Gasteiger partial charge in [-0.1, -0.05) is 64.3 Å². The normalized spacial score (nSPS) is 12.6. The van der Waals surface area contributed by atoms with Gasteiger partial charge in [0.2, 0.25) is 0 Å². The van der Waals surface area contributed by atoms with Crippen LogP contribution in [0.4, 0.5) is 4.39 Å². The van der Waals surface area contributed by atoms with Gasteiger partial charge in [0.25, 0.3) is 0 Å². The third kappa shape index (κ3) is 3.71. The van der Waals surface area contributed by atoms with Crippen molar-refractivity contribution in [2.24, 2.45) is 0 Å². The van der Waals surface area contributed by atoms with Gasteiger partial charge >= 0.3 is 21.1 Å². The molecule has 0 aliphatic heterocycles. The molecule has 5 aromatic heterocycles. The maximum absolute atomic E-state index is 16.6. The first kappa shape index (κ1) is 27.0. The van der Waals surface area contributed by atoms with E-state index in [2.05, 4.69) is 44.9 Å². The number of halogens is 1. The molecular formula is C39H21FN4OPt. The summed E-state index contributed by atoms with van der Waals surface area (Å²) in [6.45, 7) is 0. The number of imidazole rings is 1. The van der Waals surface area contributed by atoms with Crippen LogP contribution in [0.2, 0.25) is 0 Å². The molecule has 0 bridgehead atoms. The molecule has 5 nitrogen and oxygen atoms in total. The molecule has 220 valence electrons. The van der Waals surface area contributed by atoms with E-state index in [1.807, 2.05) is 95.5 Å². The molecule has 0 fully saturated rings. The first-order valence-corrected chi connectivity index (χ1v) is 14.8. The van der Waals surface area contributed by atoms with Gasteiger partial charge in [-0.25, -0.2) is 9.37 Å². The maximum atomic E-state index is 16.6. The summed E-state index contributed by atoms with van der Waals surface area (Å²) in [5.41, 5.74) is 6.00. The summed E-state index contributed by atoms with van der Waals surface area (Å²) >= 11 is 0. The van der Waals surface area contributed by atoms with E-state index in [0.717, 1.165) is 76.9 Å². The van der Waals surface area contributed by atoms with Gasteiger partial charge in [0, 0.05) is 40.4 Å². The zero-order valence-electron chi connectivity index (χ0n) is 24.0. The second kappa shape index (κ2) is 10.1. The second-order valence-corrected chi connectivity index (χ2v) is 11.3. The molecule has 0 aliphatic rings. The molecule has 0 saturated carbocycles. The largest absolute Gasteiger partial charge is 2.00 e. The summed E-state index contributed by atoms with van der Waals surface area (Å²) in [4.78, 5) is 9.28. The topological polar surface area (TPSA) is 48.3 Å². The average Bonchev–Trinajstić information content (AvgIpc) is 3.82. The van der Waals surface area contributed by atoms with Crippen molar-refractivity contribution in [1.29, 1.82) is 0 Å². The Morgan fingerprint density at radius 3 is 2.28 bits per heavy atom. The zero-order valence-corrected chi connectivity index (χ0v) is 26.3. The quantitative estimate of drug-likeness (QED) is 0.133. The summed E-state index contributed by atoms with van der Waals surface area (Å²) in [6.07, 6.45) is 4.02. The van der Waals surface area contributed by atoms with Crippen molar-refractivity contribution in [3.63, 3.8) is 0 Å². The van der Waals surface area contributed by atoms with Gasteiger partial charge in [0.15, 0.2) is 0 Å². The minimum Gasteiger partial charge on any atom is -0.456 e. The maximum Gasteiger partial charge on any atom is 2.00 e. The van der Waals surface area contributed by atoms with Crippen LogP contribution in [0.5, 0.6) is 0 Å². The first-order valence-electron chi connectivity index (χ1n) is 14.8. The first-order chi connectivity index (χ1) is 22.2. The zero-order chi connectivity index (χ0) is 29.6. The summed E-state index contributed by atoms with van der Waals surface area (Å²) in [5, 5.41) is 6.90. The number of nitrogens with zero attached hydrogens (tertiary/aromatic N) is 4. The third-order valence-corrected chi connectivity index (χ3v) is 8.91. The van der Waals surface area contributed by atoms with E-state index in [-0.39, 0.29) is 21.1 Å². The molecule has 5 aromatic carbocycles. The van der Waals surface area contributed by atoms with E-state index in [1.165, 1.54) is 0 Å². The van der Waals surface area contributed by atoms with Crippen LogP contribution in [0.1, 0.15) is 17.3 Å². The standard InChI is InChI=1S/C39H21FN4O.Pt/c40-38(23-12-14-25-26-7-1-3-9-30(26)43-20-19-42-39(43)29(25)21-23)24-13-15-27-32(22-24)44(35-11-5-6-18-41-35)31-16-17-34-37(36(27)31)28-8-2-4-10-33(28)45-34;/h1-20,38H;/q-2;+2. The van der Waals surface area contributed by atoms with Crippen molar-refractivity contribution in [2.75, 3.05) is 0 Å². The van der Waals surface area contributed by atoms with Crippen LogP contribution >= 0.6 is 0 Å². The molecule has 0 spiro atoms. The van der Waals surface area contributed by atoms with Crippen LogP contribution in [0.25, 0.3) is 76.9 Å². The second-order valence-electron chi connectivity index (χ2n) is 11.3. The molecule has 7 heteroatoms. The van der Waals surface area contributed by atoms with E-state index in [0.29, 0.717) is 11.1 Å². The molecule has 5 heterocycles. The third-order valence-electron chi connectivity index (χ3n) is 8.91. The predicted octanol–water partition coefficient (Wildman–Crippen LogP) is 9.69. The summed E-state index contributed by atoms with van der Waals surface area (Å²) in [7, 11) is 0. The summed E-state index contributed by atoms with van der Waals surface area (Å²) in [6, 6.07) is 40.6. The molecule has 0 amide bonds. The van der Waals surface area contributed by atoms with Gasteiger partial charge in [0.05, 0.1) is 5.65 Å². The molecule has 1 unspecified atom stereocenters. The smallest absolute Gasteiger partial charge is 0.456 e. The van der Waals surface area contributed by atoms with Crippen LogP contribution < -0.4 is 0 Å². The minimum atomic E-state index is -1.45. The fraction of sp³-hybridized carbons (Fsp3) is 0.0256. The van der Waals surface area contributed by atoms with Crippen LogP contribution in [0.3, 0.4) is 0 Å². The number of furan rings is 1. The van der Waals surface area contributed by atoms with Gasteiger partial charge in [0.1, 0.15) is 23.2 Å². The average molecular weight is 776 g/mol. The van der Waals surface area contributed by atoms with Crippen molar-refractivity contribution in [1.82, 2.24) is 18.9 Å². The van der Waals surface area contributed by atoms with E-state index in [9.17, 15) is 0 Å². The number of aromatic nitrogens is 4. The fourth-order valence-corrected chi connectivity index (χ4v) is 6.95. The Balaban J connectivity index is 0.00000292. The van der Waals surface area contributed by atoms with Crippen LogP contribution in [0, 0.1) is 12.1 Å². The Labute approximate surface area is 275 Å². The predicted molar refractivity (Wildman–Crippen MR) is 177 cm³/mol. The number of hydrogen-bond acceptors (Lipinski definition) is 3. The molecule has 0 N–H and O–H groups in total. The molecule has 10 aromatic rings. The van der Waals surface area contributed by atoms with Gasteiger partial charge in [-0.05, 0) is 47.2 Å². The Bertz CT molecular complexity index is 2800. The molecule has 0 saturated heterocycles. The fourth-order valence-electron chi connectivity index (χ4n) is 6.95. The van der Waals surface area contributed by atoms with Crippen LogP contribution in [-0.4, -0.2) is 18.9 Å². The minimum absolute atomic E-state index is 0. The SMILES string of the molecule is FC(c1[c-]c2c(cc1)c1ccccc1n1ccnc21)c1[c-]c2c(cc1)c1c3c(ccc1n2-c1ccccn1)oc1ccccc13.[Pt+2]. The molecule has 10 rings (SSSR count). The molecule has 0 radical (unpaired) electrons. The van der Waals surface area contributed by atoms with Crippen molar-refractivity contribution in [2.45, 2.75) is 6.17 Å². The molecule has 46 heavy (non-hydrogen) atoms. The van der Waals surface area contributed by atoms with E-state index < -0.39 is 6.17 Å². The van der Waals surface area contributed by atoms with Crippen molar-refractivity contribution >= 4 is 71.1 Å². The Kier molecular flexibility index (Phi) is 5.93. The van der Waals surface area contributed by atoms with Gasteiger partial charge in [-0.15, -0.1) is 29.1 Å². The molecule has 0 aliphatic carbocycles. The van der Waals surface area contributed by atoms with E-state index in [1.54, 1.807) is 12.4 Å². The number of fused-ring (bicyclic) bond motifs is 13. The Morgan fingerprint density at radius 2 is 1.41 bits per heavy atom. The number of alkyl halides is 1. The van der Waals surface area contributed by atoms with Crippen LogP contribution in [-0.2, 0) is 21.1 Å². The number of benzene rings is 5. The summed E-state index contributed by atoms with van der Waals surface area (Å²) in [5.74, 6) is 0.735. The monoisotopic (exact) mass is 775 g/mol. The van der Waals surface area contributed by atoms with E-state index >= 15 is 4.39 Å². The van der Waals surface area contributed by atoms with Gasteiger partial charge in [-0.2, -0.15) is 18.2 Å².